The summed E-state index contributed by atoms with van der Waals surface area (Å²) in [6.45, 7) is 11.4. The van der Waals surface area contributed by atoms with Crippen molar-refractivity contribution in [1.82, 2.24) is 15.0 Å². The standard InChI is InChI=1S/C13H25N3O3/c1-5-18-13(19-6-2)12-9-16(15-14-12)7-8-17-10-11(3)4/h9,11,13H,5-8,10H2,1-4H3. The van der Waals surface area contributed by atoms with Gasteiger partial charge in [-0.2, -0.15) is 0 Å². The van der Waals surface area contributed by atoms with Crippen molar-refractivity contribution < 1.29 is 14.2 Å². The van der Waals surface area contributed by atoms with Crippen LogP contribution in [-0.2, 0) is 20.8 Å². The van der Waals surface area contributed by atoms with Crippen LogP contribution in [0.15, 0.2) is 6.20 Å². The zero-order valence-electron chi connectivity index (χ0n) is 12.3. The Kier molecular flexibility index (Phi) is 7.62. The van der Waals surface area contributed by atoms with E-state index in [-0.39, 0.29) is 0 Å². The lowest BCUT2D eigenvalue weighted by atomic mass is 10.2. The summed E-state index contributed by atoms with van der Waals surface area (Å²) >= 11 is 0. The van der Waals surface area contributed by atoms with Crippen LogP contribution in [0.4, 0.5) is 0 Å². The molecule has 0 aliphatic rings. The molecule has 1 rings (SSSR count). The number of rotatable bonds is 10. The van der Waals surface area contributed by atoms with Crippen molar-refractivity contribution in [2.75, 3.05) is 26.4 Å². The van der Waals surface area contributed by atoms with Gasteiger partial charge in [0.2, 0.25) is 6.29 Å². The number of nitrogens with zero attached hydrogens (tertiary/aromatic N) is 3. The van der Waals surface area contributed by atoms with E-state index < -0.39 is 6.29 Å². The van der Waals surface area contributed by atoms with E-state index in [1.807, 2.05) is 20.0 Å². The topological polar surface area (TPSA) is 58.4 Å². The summed E-state index contributed by atoms with van der Waals surface area (Å²) in [7, 11) is 0. The molecule has 0 saturated heterocycles. The first kappa shape index (κ1) is 16.1. The minimum absolute atomic E-state index is 0.430. The highest BCUT2D eigenvalue weighted by molar-refractivity contribution is 4.94. The SMILES string of the molecule is CCOC(OCC)c1cn(CCOCC(C)C)nn1. The molecule has 6 nitrogen and oxygen atoms in total. The van der Waals surface area contributed by atoms with Gasteiger partial charge >= 0.3 is 0 Å². The van der Waals surface area contributed by atoms with Crippen molar-refractivity contribution >= 4 is 0 Å². The predicted molar refractivity (Wildman–Crippen MR) is 71.7 cm³/mol. The van der Waals surface area contributed by atoms with Crippen molar-refractivity contribution in [2.24, 2.45) is 5.92 Å². The lowest BCUT2D eigenvalue weighted by Crippen LogP contribution is -2.10. The van der Waals surface area contributed by atoms with Gasteiger partial charge in [0.25, 0.3) is 0 Å². The molecule has 1 heterocycles. The van der Waals surface area contributed by atoms with Gasteiger partial charge in [-0.15, -0.1) is 5.10 Å². The zero-order valence-corrected chi connectivity index (χ0v) is 12.3. The van der Waals surface area contributed by atoms with Crippen LogP contribution in [0.25, 0.3) is 0 Å². The van der Waals surface area contributed by atoms with Crippen LogP contribution in [-0.4, -0.2) is 41.4 Å². The first-order valence-corrected chi connectivity index (χ1v) is 6.88. The van der Waals surface area contributed by atoms with Crippen molar-refractivity contribution in [3.05, 3.63) is 11.9 Å². The molecular formula is C13H25N3O3. The third-order valence-corrected chi connectivity index (χ3v) is 2.35. The van der Waals surface area contributed by atoms with Gasteiger partial charge in [0.15, 0.2) is 0 Å². The van der Waals surface area contributed by atoms with Gasteiger partial charge in [0.05, 0.1) is 19.3 Å². The average molecular weight is 271 g/mol. The van der Waals surface area contributed by atoms with Crippen LogP contribution in [0.1, 0.15) is 39.7 Å². The Hall–Kier alpha value is -0.980. The molecular weight excluding hydrogens is 246 g/mol. The van der Waals surface area contributed by atoms with Crippen LogP contribution in [0.5, 0.6) is 0 Å². The zero-order chi connectivity index (χ0) is 14.1. The van der Waals surface area contributed by atoms with Crippen LogP contribution in [0, 0.1) is 5.92 Å². The largest absolute Gasteiger partial charge is 0.379 e. The Bertz CT molecular complexity index is 336. The maximum atomic E-state index is 5.51. The fraction of sp³-hybridized carbons (Fsp3) is 0.846. The van der Waals surface area contributed by atoms with Crippen LogP contribution in [0.3, 0.4) is 0 Å². The molecule has 19 heavy (non-hydrogen) atoms. The number of aromatic nitrogens is 3. The van der Waals surface area contributed by atoms with Crippen LogP contribution < -0.4 is 0 Å². The van der Waals surface area contributed by atoms with Gasteiger partial charge in [0, 0.05) is 19.8 Å². The van der Waals surface area contributed by atoms with Gasteiger partial charge in [-0.05, 0) is 19.8 Å². The number of hydrogen-bond acceptors (Lipinski definition) is 5. The molecule has 0 aromatic carbocycles. The van der Waals surface area contributed by atoms with E-state index in [9.17, 15) is 0 Å². The lowest BCUT2D eigenvalue weighted by molar-refractivity contribution is -0.142. The van der Waals surface area contributed by atoms with Gasteiger partial charge in [-0.25, -0.2) is 4.68 Å². The Labute approximate surface area is 115 Å². The second kappa shape index (κ2) is 9.01. The van der Waals surface area contributed by atoms with E-state index in [0.717, 1.165) is 6.61 Å². The quantitative estimate of drug-likeness (QED) is 0.481. The van der Waals surface area contributed by atoms with Crippen molar-refractivity contribution in [1.29, 1.82) is 0 Å². The maximum Gasteiger partial charge on any atom is 0.204 e. The van der Waals surface area contributed by atoms with E-state index >= 15 is 0 Å². The van der Waals surface area contributed by atoms with Crippen molar-refractivity contribution in [2.45, 2.75) is 40.5 Å². The van der Waals surface area contributed by atoms with Gasteiger partial charge in [-0.3, -0.25) is 0 Å². The highest BCUT2D eigenvalue weighted by atomic mass is 16.7. The summed E-state index contributed by atoms with van der Waals surface area (Å²) in [5.74, 6) is 0.548. The van der Waals surface area contributed by atoms with Crippen LogP contribution in [0.2, 0.25) is 0 Å². The molecule has 0 saturated carbocycles. The minimum Gasteiger partial charge on any atom is -0.379 e. The summed E-state index contributed by atoms with van der Waals surface area (Å²) in [6.07, 6.45) is 1.41. The fourth-order valence-electron chi connectivity index (χ4n) is 1.53. The number of hydrogen-bond donors (Lipinski definition) is 0. The second-order valence-electron chi connectivity index (χ2n) is 4.62. The molecule has 0 N–H and O–H groups in total. The molecule has 0 unspecified atom stereocenters. The van der Waals surface area contributed by atoms with Gasteiger partial charge < -0.3 is 14.2 Å². The van der Waals surface area contributed by atoms with E-state index in [1.54, 1.807) is 4.68 Å². The molecule has 0 atom stereocenters. The minimum atomic E-state index is -0.430. The van der Waals surface area contributed by atoms with Gasteiger partial charge in [-0.1, -0.05) is 19.1 Å². The molecule has 0 amide bonds. The number of ether oxygens (including phenoxy) is 3. The molecule has 6 heteroatoms. The summed E-state index contributed by atoms with van der Waals surface area (Å²) in [5, 5.41) is 8.12. The molecule has 0 bridgehead atoms. The Morgan fingerprint density at radius 1 is 1.21 bits per heavy atom. The Morgan fingerprint density at radius 3 is 2.47 bits per heavy atom. The predicted octanol–water partition coefficient (Wildman–Crippen LogP) is 2.02. The third-order valence-electron chi connectivity index (χ3n) is 2.35. The molecule has 0 aliphatic carbocycles. The maximum absolute atomic E-state index is 5.51. The molecule has 1 aromatic rings. The smallest absolute Gasteiger partial charge is 0.204 e. The lowest BCUT2D eigenvalue weighted by Gasteiger charge is -2.13. The van der Waals surface area contributed by atoms with Crippen molar-refractivity contribution in [3.63, 3.8) is 0 Å². The molecule has 0 fully saturated rings. The molecule has 0 aliphatic heterocycles. The van der Waals surface area contributed by atoms with E-state index in [0.29, 0.717) is 38.0 Å². The third kappa shape index (κ3) is 6.13. The summed E-state index contributed by atoms with van der Waals surface area (Å²) in [4.78, 5) is 0. The van der Waals surface area contributed by atoms with E-state index in [1.165, 1.54) is 0 Å². The highest BCUT2D eigenvalue weighted by Crippen LogP contribution is 2.15. The Balaban J connectivity index is 2.41. The monoisotopic (exact) mass is 271 g/mol. The Morgan fingerprint density at radius 2 is 1.89 bits per heavy atom. The van der Waals surface area contributed by atoms with Crippen molar-refractivity contribution in [3.8, 4) is 0 Å². The molecule has 110 valence electrons. The fourth-order valence-corrected chi connectivity index (χ4v) is 1.53. The summed E-state index contributed by atoms with van der Waals surface area (Å²) < 4.78 is 18.2. The normalized spacial score (nSPS) is 11.7. The van der Waals surface area contributed by atoms with E-state index in [4.69, 9.17) is 14.2 Å². The average Bonchev–Trinajstić information content (AvgIpc) is 2.83. The molecule has 1 aromatic heterocycles. The van der Waals surface area contributed by atoms with Crippen LogP contribution >= 0.6 is 0 Å². The molecule has 0 spiro atoms. The molecule has 0 radical (unpaired) electrons. The van der Waals surface area contributed by atoms with Gasteiger partial charge in [0.1, 0.15) is 5.69 Å². The first-order chi connectivity index (χ1) is 9.17. The van der Waals surface area contributed by atoms with E-state index in [2.05, 4.69) is 24.2 Å². The highest BCUT2D eigenvalue weighted by Gasteiger charge is 2.15. The second-order valence-corrected chi connectivity index (χ2v) is 4.62. The summed E-state index contributed by atoms with van der Waals surface area (Å²) in [5.41, 5.74) is 0.701. The first-order valence-electron chi connectivity index (χ1n) is 6.88. The summed E-state index contributed by atoms with van der Waals surface area (Å²) in [6, 6.07) is 0.